The predicted molar refractivity (Wildman–Crippen MR) is 127 cm³/mol. The molecule has 1 saturated heterocycles. The van der Waals surface area contributed by atoms with Crippen molar-refractivity contribution >= 4 is 41.8 Å². The molecule has 0 radical (unpaired) electrons. The fourth-order valence-electron chi connectivity index (χ4n) is 4.84. The lowest BCUT2D eigenvalue weighted by molar-refractivity contribution is -0.140. The highest BCUT2D eigenvalue weighted by Crippen LogP contribution is 2.52. The molecule has 4 unspecified atom stereocenters. The molecule has 1 saturated carbocycles. The summed E-state index contributed by atoms with van der Waals surface area (Å²) in [5.74, 6) is 1.29. The molecule has 1 heterocycles. The lowest BCUT2D eigenvalue weighted by Gasteiger charge is -2.19. The Bertz CT molecular complexity index is 626. The highest BCUT2D eigenvalue weighted by Gasteiger charge is 2.58. The highest BCUT2D eigenvalue weighted by molar-refractivity contribution is 14.0. The van der Waals surface area contributed by atoms with E-state index in [1.165, 1.54) is 17.7 Å². The minimum absolute atomic E-state index is 0. The number of imide groups is 1. The van der Waals surface area contributed by atoms with Gasteiger partial charge in [-0.15, -0.1) is 24.0 Å². The largest absolute Gasteiger partial charge is 0.356 e. The number of carbonyl (C=O) groups excluding carboxylic acids is 2. The number of nitrogens with zero attached hydrogens (tertiary/aromatic N) is 2. The second-order valence-electron chi connectivity index (χ2n) is 9.63. The summed E-state index contributed by atoms with van der Waals surface area (Å²) >= 11 is 0. The SMILES string of the molecule is CN=C(NCCCCC(C)(C)C)NCCCN1C(=O)C2C3C=CC(C3)C2C1=O.I. The molecule has 3 rings (SSSR count). The number of carbonyl (C=O) groups is 2. The van der Waals surface area contributed by atoms with E-state index in [0.29, 0.717) is 18.5 Å². The predicted octanol–water partition coefficient (Wildman–Crippen LogP) is 3.18. The standard InChI is InChI=1S/C22H36N4O2.HI/c1-22(2,3)10-5-6-11-24-21(23-4)25-12-7-13-26-19(27)17-15-8-9-16(14-15)18(17)20(26)28;/h8-9,15-18H,5-7,10-14H2,1-4H3,(H2,23,24,25);1H. The van der Waals surface area contributed by atoms with Crippen LogP contribution in [-0.2, 0) is 9.59 Å². The van der Waals surface area contributed by atoms with Gasteiger partial charge in [0, 0.05) is 26.7 Å². The van der Waals surface area contributed by atoms with Gasteiger partial charge in [-0.3, -0.25) is 19.5 Å². The third-order valence-electron chi connectivity index (χ3n) is 6.28. The number of hydrogen-bond donors (Lipinski definition) is 2. The third-order valence-corrected chi connectivity index (χ3v) is 6.28. The number of hydrogen-bond acceptors (Lipinski definition) is 3. The molecular weight excluding hydrogens is 479 g/mol. The van der Waals surface area contributed by atoms with Gasteiger partial charge in [-0.25, -0.2) is 0 Å². The van der Waals surface area contributed by atoms with Crippen LogP contribution in [0.15, 0.2) is 17.1 Å². The van der Waals surface area contributed by atoms with Gasteiger partial charge in [-0.1, -0.05) is 39.3 Å². The molecule has 29 heavy (non-hydrogen) atoms. The molecule has 3 aliphatic rings. The van der Waals surface area contributed by atoms with Crippen LogP contribution in [0.5, 0.6) is 0 Å². The summed E-state index contributed by atoms with van der Waals surface area (Å²) in [6.45, 7) is 8.90. The number of unbranched alkanes of at least 4 members (excludes halogenated alkanes) is 1. The van der Waals surface area contributed by atoms with Crippen LogP contribution < -0.4 is 10.6 Å². The molecular formula is C22H37IN4O2. The normalized spacial score (nSPS) is 28.0. The van der Waals surface area contributed by atoms with Gasteiger partial charge in [0.1, 0.15) is 0 Å². The first-order valence-corrected chi connectivity index (χ1v) is 10.8. The smallest absolute Gasteiger partial charge is 0.233 e. The number of halogens is 1. The van der Waals surface area contributed by atoms with E-state index >= 15 is 0 Å². The van der Waals surface area contributed by atoms with E-state index in [9.17, 15) is 9.59 Å². The summed E-state index contributed by atoms with van der Waals surface area (Å²) in [5.41, 5.74) is 0.387. The van der Waals surface area contributed by atoms with Crippen LogP contribution in [0.2, 0.25) is 0 Å². The van der Waals surface area contributed by atoms with E-state index in [4.69, 9.17) is 0 Å². The van der Waals surface area contributed by atoms with Crippen LogP contribution in [-0.4, -0.2) is 49.4 Å². The molecule has 1 aliphatic heterocycles. The van der Waals surface area contributed by atoms with Gasteiger partial charge in [-0.2, -0.15) is 0 Å². The zero-order valence-electron chi connectivity index (χ0n) is 18.2. The van der Waals surface area contributed by atoms with Crippen molar-refractivity contribution < 1.29 is 9.59 Å². The Morgan fingerprint density at radius 2 is 1.59 bits per heavy atom. The fraction of sp³-hybridized carbons (Fsp3) is 0.773. The summed E-state index contributed by atoms with van der Waals surface area (Å²) in [6.07, 6.45) is 9.54. The molecule has 2 amide bonds. The van der Waals surface area contributed by atoms with Crippen LogP contribution >= 0.6 is 24.0 Å². The van der Waals surface area contributed by atoms with E-state index in [1.807, 2.05) is 0 Å². The van der Waals surface area contributed by atoms with Crippen LogP contribution in [0.3, 0.4) is 0 Å². The third kappa shape index (κ3) is 5.73. The maximum absolute atomic E-state index is 12.7. The lowest BCUT2D eigenvalue weighted by Crippen LogP contribution is -2.40. The maximum atomic E-state index is 12.7. The number of guanidine groups is 1. The number of amides is 2. The van der Waals surface area contributed by atoms with Gasteiger partial charge >= 0.3 is 0 Å². The average molecular weight is 516 g/mol. The van der Waals surface area contributed by atoms with Gasteiger partial charge in [-0.05, 0) is 42.9 Å². The number of likely N-dealkylation sites (tertiary alicyclic amines) is 1. The molecule has 2 bridgehead atoms. The summed E-state index contributed by atoms with van der Waals surface area (Å²) in [5, 5.41) is 6.62. The second-order valence-corrected chi connectivity index (χ2v) is 9.63. The molecule has 0 aromatic carbocycles. The first-order chi connectivity index (χ1) is 13.3. The number of aliphatic imine (C=N–C) groups is 1. The van der Waals surface area contributed by atoms with E-state index in [-0.39, 0.29) is 59.5 Å². The quantitative estimate of drug-likeness (QED) is 0.130. The van der Waals surface area contributed by atoms with E-state index < -0.39 is 0 Å². The lowest BCUT2D eigenvalue weighted by atomic mass is 9.85. The maximum Gasteiger partial charge on any atom is 0.233 e. The summed E-state index contributed by atoms with van der Waals surface area (Å²) in [4.78, 5) is 31.1. The Balaban J connectivity index is 0.00000300. The second kappa shape index (κ2) is 10.3. The topological polar surface area (TPSA) is 73.8 Å². The van der Waals surface area contributed by atoms with E-state index in [2.05, 4.69) is 48.5 Å². The molecule has 0 aromatic rings. The van der Waals surface area contributed by atoms with Crippen LogP contribution in [0.1, 0.15) is 52.9 Å². The number of nitrogens with one attached hydrogen (secondary N) is 2. The van der Waals surface area contributed by atoms with E-state index in [1.54, 1.807) is 7.05 Å². The molecule has 7 heteroatoms. The summed E-state index contributed by atoms with van der Waals surface area (Å²) in [6, 6.07) is 0. The Hall–Kier alpha value is -1.12. The monoisotopic (exact) mass is 516 g/mol. The molecule has 2 fully saturated rings. The van der Waals surface area contributed by atoms with Crippen molar-refractivity contribution in [1.29, 1.82) is 0 Å². The zero-order chi connectivity index (χ0) is 20.3. The van der Waals surface area contributed by atoms with Crippen LogP contribution in [0.4, 0.5) is 0 Å². The average Bonchev–Trinajstić information content (AvgIpc) is 3.31. The highest BCUT2D eigenvalue weighted by atomic mass is 127. The fourth-order valence-corrected chi connectivity index (χ4v) is 4.84. The Morgan fingerprint density at radius 3 is 2.10 bits per heavy atom. The molecule has 164 valence electrons. The molecule has 6 nitrogen and oxygen atoms in total. The van der Waals surface area contributed by atoms with Crippen molar-refractivity contribution in [2.45, 2.75) is 52.9 Å². The van der Waals surface area contributed by atoms with Crippen LogP contribution in [0.25, 0.3) is 0 Å². The summed E-state index contributed by atoms with van der Waals surface area (Å²) in [7, 11) is 1.77. The van der Waals surface area contributed by atoms with Gasteiger partial charge < -0.3 is 10.6 Å². The molecule has 0 aromatic heterocycles. The van der Waals surface area contributed by atoms with E-state index in [0.717, 1.165) is 31.8 Å². The number of rotatable bonds is 8. The van der Waals surface area contributed by atoms with Crippen LogP contribution in [0, 0.1) is 29.1 Å². The number of fused-ring (bicyclic) bond motifs is 5. The van der Waals surface area contributed by atoms with Crippen molar-refractivity contribution in [2.75, 3.05) is 26.7 Å². The van der Waals surface area contributed by atoms with Crippen molar-refractivity contribution in [2.24, 2.45) is 34.1 Å². The van der Waals surface area contributed by atoms with Gasteiger partial charge in [0.05, 0.1) is 11.8 Å². The molecule has 2 aliphatic carbocycles. The molecule has 0 spiro atoms. The van der Waals surface area contributed by atoms with Crippen molar-refractivity contribution in [3.8, 4) is 0 Å². The first-order valence-electron chi connectivity index (χ1n) is 10.8. The Morgan fingerprint density at radius 1 is 1.03 bits per heavy atom. The molecule has 4 atom stereocenters. The van der Waals surface area contributed by atoms with Crippen molar-refractivity contribution in [3.63, 3.8) is 0 Å². The zero-order valence-corrected chi connectivity index (χ0v) is 20.6. The van der Waals surface area contributed by atoms with Gasteiger partial charge in [0.25, 0.3) is 0 Å². The Kier molecular flexibility index (Phi) is 8.55. The minimum atomic E-state index is -0.0852. The number of allylic oxidation sites excluding steroid dienone is 2. The van der Waals surface area contributed by atoms with Gasteiger partial charge in [0.2, 0.25) is 11.8 Å². The Labute approximate surface area is 192 Å². The van der Waals surface area contributed by atoms with Crippen molar-refractivity contribution in [1.82, 2.24) is 15.5 Å². The summed E-state index contributed by atoms with van der Waals surface area (Å²) < 4.78 is 0. The molecule has 2 N–H and O–H groups in total. The van der Waals surface area contributed by atoms with Crippen molar-refractivity contribution in [3.05, 3.63) is 12.2 Å². The minimum Gasteiger partial charge on any atom is -0.356 e. The van der Waals surface area contributed by atoms with Gasteiger partial charge in [0.15, 0.2) is 5.96 Å². The first kappa shape index (κ1) is 24.2.